The van der Waals surface area contributed by atoms with Crippen LogP contribution in [0.3, 0.4) is 0 Å². The van der Waals surface area contributed by atoms with Crippen molar-refractivity contribution in [2.45, 2.75) is 122 Å². The van der Waals surface area contributed by atoms with Gasteiger partial charge in [-0.25, -0.2) is 0 Å². The largest absolute Gasteiger partial charge is 0.354 e. The molecule has 0 spiro atoms. The number of carbonyl (C=O) groups is 3. The van der Waals surface area contributed by atoms with Crippen molar-refractivity contribution in [3.8, 4) is 0 Å². The summed E-state index contributed by atoms with van der Waals surface area (Å²) in [4.78, 5) is 41.5. The monoisotopic (exact) mass is 564 g/mol. The van der Waals surface area contributed by atoms with E-state index in [2.05, 4.69) is 27.9 Å². The van der Waals surface area contributed by atoms with Crippen LogP contribution in [0.4, 0.5) is 0 Å². The fourth-order valence-electron chi connectivity index (χ4n) is 4.82. The average molecular weight is 565 g/mol. The predicted octanol–water partition coefficient (Wildman–Crippen LogP) is 6.93. The molecule has 0 bridgehead atoms. The van der Waals surface area contributed by atoms with Gasteiger partial charge in [-0.3, -0.25) is 19.4 Å². The first kappa shape index (κ1) is 34.0. The van der Waals surface area contributed by atoms with E-state index in [-0.39, 0.29) is 17.7 Å². The van der Waals surface area contributed by atoms with Crippen molar-refractivity contribution in [3.63, 3.8) is 0 Å². The molecule has 1 heterocycles. The summed E-state index contributed by atoms with van der Waals surface area (Å²) in [6.07, 6.45) is 19.9. The van der Waals surface area contributed by atoms with E-state index in [0.29, 0.717) is 25.9 Å². The first-order valence-corrected chi connectivity index (χ1v) is 15.9. The molecule has 0 aliphatic rings. The zero-order chi connectivity index (χ0) is 29.4. The van der Waals surface area contributed by atoms with Gasteiger partial charge in [-0.15, -0.1) is 0 Å². The maximum atomic E-state index is 13.0. The number of aromatic nitrogens is 1. The summed E-state index contributed by atoms with van der Waals surface area (Å²) in [5.74, 6) is -0.0943. The highest BCUT2D eigenvalue weighted by Gasteiger charge is 2.22. The van der Waals surface area contributed by atoms with Crippen LogP contribution >= 0.6 is 0 Å². The van der Waals surface area contributed by atoms with Crippen LogP contribution < -0.4 is 16.0 Å². The molecular formula is C34H52N4O3. The highest BCUT2D eigenvalue weighted by atomic mass is 16.2. The number of unbranched alkanes of at least 4 members (excludes halogenated alkanes) is 12. The van der Waals surface area contributed by atoms with Crippen molar-refractivity contribution in [2.75, 3.05) is 6.54 Å². The fraction of sp³-hybridized carbons (Fsp3) is 0.588. The molecule has 3 amide bonds. The molecule has 0 saturated carbocycles. The lowest BCUT2D eigenvalue weighted by molar-refractivity contribution is -0.129. The third kappa shape index (κ3) is 16.6. The number of nitrogens with one attached hydrogen (secondary N) is 3. The molecule has 1 aromatic heterocycles. The van der Waals surface area contributed by atoms with E-state index in [1.807, 2.05) is 42.5 Å². The summed E-state index contributed by atoms with van der Waals surface area (Å²) in [6, 6.07) is 12.7. The Bertz CT molecular complexity index is 968. The van der Waals surface area contributed by atoms with Crippen LogP contribution in [0.15, 0.2) is 54.9 Å². The van der Waals surface area contributed by atoms with E-state index in [1.165, 1.54) is 32.1 Å². The molecule has 0 aliphatic carbocycles. The van der Waals surface area contributed by atoms with Crippen LogP contribution in [-0.2, 0) is 20.9 Å². The van der Waals surface area contributed by atoms with E-state index >= 15 is 0 Å². The van der Waals surface area contributed by atoms with Crippen LogP contribution in [0.2, 0.25) is 0 Å². The molecule has 0 aliphatic heterocycles. The van der Waals surface area contributed by atoms with Gasteiger partial charge in [0.05, 0.1) is 0 Å². The van der Waals surface area contributed by atoms with E-state index in [1.54, 1.807) is 12.4 Å². The van der Waals surface area contributed by atoms with E-state index in [0.717, 1.165) is 68.9 Å². The molecule has 2 rings (SSSR count). The molecule has 0 radical (unpaired) electrons. The first-order valence-electron chi connectivity index (χ1n) is 15.9. The number of benzene rings is 1. The second-order valence-electron chi connectivity index (χ2n) is 10.9. The molecule has 7 heteroatoms. The van der Waals surface area contributed by atoms with Crippen molar-refractivity contribution in [1.82, 2.24) is 20.9 Å². The van der Waals surface area contributed by atoms with Crippen LogP contribution in [-0.4, -0.2) is 29.3 Å². The summed E-state index contributed by atoms with van der Waals surface area (Å²) in [7, 11) is 0. The zero-order valence-corrected chi connectivity index (χ0v) is 25.2. The summed E-state index contributed by atoms with van der Waals surface area (Å²) < 4.78 is 0. The number of hydrogen-bond donors (Lipinski definition) is 3. The highest BCUT2D eigenvalue weighted by Crippen LogP contribution is 2.15. The van der Waals surface area contributed by atoms with Crippen molar-refractivity contribution in [3.05, 3.63) is 66.0 Å². The minimum absolute atomic E-state index is 0.0601. The number of nitrogens with zero attached hydrogens (tertiary/aromatic N) is 1. The van der Waals surface area contributed by atoms with Gasteiger partial charge in [0.25, 0.3) is 0 Å². The number of carbonyl (C=O) groups excluding carboxylic acids is 3. The molecule has 41 heavy (non-hydrogen) atoms. The Morgan fingerprint density at radius 1 is 0.659 bits per heavy atom. The maximum Gasteiger partial charge on any atom is 0.247 e. The minimum atomic E-state index is -0.651. The summed E-state index contributed by atoms with van der Waals surface area (Å²) >= 11 is 0. The predicted molar refractivity (Wildman–Crippen MR) is 166 cm³/mol. The molecule has 3 N–H and O–H groups in total. The third-order valence-corrected chi connectivity index (χ3v) is 7.33. The van der Waals surface area contributed by atoms with Gasteiger partial charge in [-0.1, -0.05) is 108 Å². The van der Waals surface area contributed by atoms with Gasteiger partial charge in [-0.2, -0.15) is 0 Å². The molecule has 0 fully saturated rings. The van der Waals surface area contributed by atoms with Gasteiger partial charge < -0.3 is 16.0 Å². The molecule has 1 atom stereocenters. The lowest BCUT2D eigenvalue weighted by Crippen LogP contribution is -2.40. The zero-order valence-electron chi connectivity index (χ0n) is 25.2. The van der Waals surface area contributed by atoms with E-state index in [9.17, 15) is 14.4 Å². The SMILES string of the molecule is CCCCCCCCC(=O)N[C@@H](C(=O)NCCCCCCCCCCC(=O)NCc1ccncc1)c1ccccc1. The molecule has 0 unspecified atom stereocenters. The van der Waals surface area contributed by atoms with Gasteiger partial charge in [0.1, 0.15) is 6.04 Å². The Morgan fingerprint density at radius 2 is 1.22 bits per heavy atom. The Balaban J connectivity index is 1.52. The summed E-state index contributed by atoms with van der Waals surface area (Å²) in [6.45, 7) is 3.37. The normalized spacial score (nSPS) is 11.5. The number of amides is 3. The van der Waals surface area contributed by atoms with E-state index in [4.69, 9.17) is 0 Å². The number of rotatable bonds is 23. The highest BCUT2D eigenvalue weighted by molar-refractivity contribution is 5.88. The van der Waals surface area contributed by atoms with Gasteiger partial charge in [-0.05, 0) is 42.5 Å². The average Bonchev–Trinajstić information content (AvgIpc) is 3.00. The Hall–Kier alpha value is -3.22. The lowest BCUT2D eigenvalue weighted by Gasteiger charge is -2.19. The number of hydrogen-bond acceptors (Lipinski definition) is 4. The van der Waals surface area contributed by atoms with Crippen molar-refractivity contribution >= 4 is 17.7 Å². The molecule has 1 aromatic carbocycles. The molecule has 0 saturated heterocycles. The van der Waals surface area contributed by atoms with Crippen molar-refractivity contribution in [1.29, 1.82) is 0 Å². The maximum absolute atomic E-state index is 13.0. The van der Waals surface area contributed by atoms with Crippen LogP contribution in [0.5, 0.6) is 0 Å². The van der Waals surface area contributed by atoms with Crippen molar-refractivity contribution < 1.29 is 14.4 Å². The molecule has 2 aromatic rings. The first-order chi connectivity index (χ1) is 20.1. The Labute approximate surface area is 247 Å². The minimum Gasteiger partial charge on any atom is -0.354 e. The summed E-state index contributed by atoms with van der Waals surface area (Å²) in [5, 5.41) is 8.96. The van der Waals surface area contributed by atoms with E-state index < -0.39 is 6.04 Å². The summed E-state index contributed by atoms with van der Waals surface area (Å²) in [5.41, 5.74) is 1.88. The molecule has 7 nitrogen and oxygen atoms in total. The van der Waals surface area contributed by atoms with Crippen LogP contribution in [0, 0.1) is 0 Å². The second-order valence-corrected chi connectivity index (χ2v) is 10.9. The van der Waals surface area contributed by atoms with Gasteiger partial charge in [0, 0.05) is 38.3 Å². The quantitative estimate of drug-likeness (QED) is 0.127. The lowest BCUT2D eigenvalue weighted by atomic mass is 10.0. The number of pyridine rings is 1. The molecular weight excluding hydrogens is 512 g/mol. The van der Waals surface area contributed by atoms with Crippen molar-refractivity contribution in [2.24, 2.45) is 0 Å². The topological polar surface area (TPSA) is 100 Å². The smallest absolute Gasteiger partial charge is 0.247 e. The van der Waals surface area contributed by atoms with Gasteiger partial charge in [0.2, 0.25) is 17.7 Å². The standard InChI is InChI=1S/C34H52N4O3/c1-2-3-4-5-10-17-22-32(40)38-33(30-19-14-13-15-20-30)34(41)36-25-18-12-9-7-6-8-11-16-21-31(39)37-28-29-23-26-35-27-24-29/h13-15,19-20,23-24,26-27,33H,2-12,16-18,21-22,25,28H2,1H3,(H,36,41)(H,37,39)(H,38,40)/t33-/m1/s1. The van der Waals surface area contributed by atoms with Gasteiger partial charge in [0.15, 0.2) is 0 Å². The third-order valence-electron chi connectivity index (χ3n) is 7.33. The van der Waals surface area contributed by atoms with Crippen LogP contribution in [0.25, 0.3) is 0 Å². The van der Waals surface area contributed by atoms with Crippen LogP contribution in [0.1, 0.15) is 127 Å². The Kier molecular flexibility index (Phi) is 18.6. The molecule has 226 valence electrons. The fourth-order valence-corrected chi connectivity index (χ4v) is 4.82. The van der Waals surface area contributed by atoms with Gasteiger partial charge >= 0.3 is 0 Å². The Morgan fingerprint density at radius 3 is 1.85 bits per heavy atom. The second kappa shape index (κ2) is 22.5.